The number of unbranched alkanes of at least 4 members (excludes halogenated alkanes) is 9. The largest absolute Gasteiger partial charge is 0.488 e. The Morgan fingerprint density at radius 3 is 2.00 bits per heavy atom. The van der Waals surface area contributed by atoms with Crippen molar-refractivity contribution in [3.05, 3.63) is 29.8 Å². The van der Waals surface area contributed by atoms with E-state index in [4.69, 9.17) is 14.6 Å². The molecule has 0 bridgehead atoms. The molecule has 0 fully saturated rings. The minimum absolute atomic E-state index is 0.0474. The summed E-state index contributed by atoms with van der Waals surface area (Å²) >= 11 is 0. The molecule has 4 heteroatoms. The molecule has 0 spiro atoms. The molecule has 1 N–H and O–H groups in total. The molecule has 4 nitrogen and oxygen atoms in total. The summed E-state index contributed by atoms with van der Waals surface area (Å²) in [5, 5.41) is 8.88. The van der Waals surface area contributed by atoms with Gasteiger partial charge in [0.05, 0.1) is 12.2 Å². The predicted octanol–water partition coefficient (Wildman–Crippen LogP) is 6.09. The average molecular weight is 365 g/mol. The van der Waals surface area contributed by atoms with E-state index in [2.05, 4.69) is 6.92 Å². The molecule has 1 unspecified atom stereocenters. The summed E-state index contributed by atoms with van der Waals surface area (Å²) in [7, 11) is 0. The fraction of sp³-hybridized carbons (Fsp3) is 0.682. The van der Waals surface area contributed by atoms with E-state index in [1.165, 1.54) is 57.8 Å². The zero-order valence-corrected chi connectivity index (χ0v) is 16.5. The van der Waals surface area contributed by atoms with Crippen LogP contribution in [0.15, 0.2) is 24.3 Å². The summed E-state index contributed by atoms with van der Waals surface area (Å²) in [5.41, 5.74) is 0.266. The highest BCUT2D eigenvalue weighted by Gasteiger charge is 2.06. The molecule has 0 amide bonds. The summed E-state index contributed by atoms with van der Waals surface area (Å²) in [5.74, 6) is -0.255. The van der Waals surface area contributed by atoms with Crippen molar-refractivity contribution in [1.29, 1.82) is 0 Å². The summed E-state index contributed by atoms with van der Waals surface area (Å²) in [6.45, 7) is 5.55. The standard InChI is InChI=1S/C22H36O4/c1-3-4-5-6-7-8-9-10-11-12-17-25-18-19(2)26-21-15-13-20(14-16-21)22(23)24/h13-16,19H,3-12,17-18H2,1-2H3,(H,23,24). The third-order valence-electron chi connectivity index (χ3n) is 4.43. The number of carbonyl (C=O) groups is 1. The molecule has 0 aliphatic heterocycles. The Morgan fingerprint density at radius 2 is 1.46 bits per heavy atom. The lowest BCUT2D eigenvalue weighted by atomic mass is 10.1. The van der Waals surface area contributed by atoms with Crippen molar-refractivity contribution < 1.29 is 19.4 Å². The Balaban J connectivity index is 1.95. The van der Waals surface area contributed by atoms with E-state index in [1.54, 1.807) is 24.3 Å². The van der Waals surface area contributed by atoms with Gasteiger partial charge in [-0.1, -0.05) is 64.7 Å². The van der Waals surface area contributed by atoms with Crippen molar-refractivity contribution in [2.24, 2.45) is 0 Å². The van der Waals surface area contributed by atoms with Crippen molar-refractivity contribution in [2.45, 2.75) is 84.2 Å². The van der Waals surface area contributed by atoms with Crippen LogP contribution in [0.1, 0.15) is 88.4 Å². The molecule has 1 rings (SSSR count). The monoisotopic (exact) mass is 364 g/mol. The van der Waals surface area contributed by atoms with Crippen LogP contribution < -0.4 is 4.74 Å². The van der Waals surface area contributed by atoms with Crippen molar-refractivity contribution in [2.75, 3.05) is 13.2 Å². The predicted molar refractivity (Wildman–Crippen MR) is 106 cm³/mol. The van der Waals surface area contributed by atoms with Crippen LogP contribution in [0.2, 0.25) is 0 Å². The Hall–Kier alpha value is -1.55. The lowest BCUT2D eigenvalue weighted by Gasteiger charge is -2.15. The molecule has 0 saturated heterocycles. The summed E-state index contributed by atoms with van der Waals surface area (Å²) < 4.78 is 11.4. The van der Waals surface area contributed by atoms with Gasteiger partial charge >= 0.3 is 5.97 Å². The lowest BCUT2D eigenvalue weighted by Crippen LogP contribution is -2.19. The zero-order chi connectivity index (χ0) is 19.0. The van der Waals surface area contributed by atoms with Gasteiger partial charge in [0.25, 0.3) is 0 Å². The summed E-state index contributed by atoms with van der Waals surface area (Å²) in [4.78, 5) is 10.8. The van der Waals surface area contributed by atoms with Crippen molar-refractivity contribution in [3.8, 4) is 5.75 Å². The van der Waals surface area contributed by atoms with Gasteiger partial charge in [-0.3, -0.25) is 0 Å². The maximum Gasteiger partial charge on any atom is 0.335 e. The highest BCUT2D eigenvalue weighted by atomic mass is 16.5. The van der Waals surface area contributed by atoms with Gasteiger partial charge in [0.15, 0.2) is 0 Å². The second-order valence-electron chi connectivity index (χ2n) is 7.01. The van der Waals surface area contributed by atoms with Crippen LogP contribution in [0.5, 0.6) is 5.75 Å². The minimum Gasteiger partial charge on any atom is -0.488 e. The molecule has 0 heterocycles. The molecule has 148 valence electrons. The Morgan fingerprint density at radius 1 is 0.923 bits per heavy atom. The van der Waals surface area contributed by atoms with Gasteiger partial charge in [-0.25, -0.2) is 4.79 Å². The van der Waals surface area contributed by atoms with Crippen LogP contribution in [-0.4, -0.2) is 30.4 Å². The SMILES string of the molecule is CCCCCCCCCCCCOCC(C)Oc1ccc(C(=O)O)cc1. The molecule has 1 aromatic rings. The van der Waals surface area contributed by atoms with Crippen LogP contribution in [0.3, 0.4) is 0 Å². The Bertz CT molecular complexity index is 470. The molecule has 0 saturated carbocycles. The van der Waals surface area contributed by atoms with E-state index in [9.17, 15) is 4.79 Å². The van der Waals surface area contributed by atoms with Gasteiger partial charge < -0.3 is 14.6 Å². The molecule has 0 radical (unpaired) electrons. The van der Waals surface area contributed by atoms with Crippen molar-refractivity contribution >= 4 is 5.97 Å². The second kappa shape index (κ2) is 14.6. The number of hydrogen-bond acceptors (Lipinski definition) is 3. The maximum absolute atomic E-state index is 10.8. The first-order valence-electron chi connectivity index (χ1n) is 10.2. The third kappa shape index (κ3) is 11.1. The lowest BCUT2D eigenvalue weighted by molar-refractivity contribution is 0.0565. The van der Waals surface area contributed by atoms with Crippen LogP contribution in [0, 0.1) is 0 Å². The van der Waals surface area contributed by atoms with Gasteiger partial charge in [-0.05, 0) is 37.6 Å². The van der Waals surface area contributed by atoms with Crippen LogP contribution in [0.4, 0.5) is 0 Å². The number of hydrogen-bond donors (Lipinski definition) is 1. The maximum atomic E-state index is 10.8. The Labute approximate surface area is 158 Å². The van der Waals surface area contributed by atoms with Gasteiger partial charge in [0, 0.05) is 6.61 Å². The molecule has 1 atom stereocenters. The summed E-state index contributed by atoms with van der Waals surface area (Å²) in [6.07, 6.45) is 13.2. The summed E-state index contributed by atoms with van der Waals surface area (Å²) in [6, 6.07) is 6.47. The third-order valence-corrected chi connectivity index (χ3v) is 4.43. The molecular formula is C22H36O4. The van der Waals surface area contributed by atoms with E-state index < -0.39 is 5.97 Å². The van der Waals surface area contributed by atoms with Crippen LogP contribution in [-0.2, 0) is 4.74 Å². The molecular weight excluding hydrogens is 328 g/mol. The van der Waals surface area contributed by atoms with E-state index in [-0.39, 0.29) is 11.7 Å². The molecule has 0 aromatic heterocycles. The number of ether oxygens (including phenoxy) is 2. The van der Waals surface area contributed by atoms with Gasteiger partial charge in [-0.15, -0.1) is 0 Å². The highest BCUT2D eigenvalue weighted by molar-refractivity contribution is 5.87. The number of carboxylic acids is 1. The smallest absolute Gasteiger partial charge is 0.335 e. The highest BCUT2D eigenvalue weighted by Crippen LogP contribution is 2.14. The van der Waals surface area contributed by atoms with E-state index in [0.29, 0.717) is 12.4 Å². The van der Waals surface area contributed by atoms with Crippen LogP contribution in [0.25, 0.3) is 0 Å². The van der Waals surface area contributed by atoms with Crippen molar-refractivity contribution in [3.63, 3.8) is 0 Å². The quantitative estimate of drug-likeness (QED) is 0.361. The molecule has 26 heavy (non-hydrogen) atoms. The van der Waals surface area contributed by atoms with Gasteiger partial charge in [0.2, 0.25) is 0 Å². The Kier molecular flexibility index (Phi) is 12.6. The first kappa shape index (κ1) is 22.5. The molecule has 0 aliphatic rings. The number of benzene rings is 1. The first-order valence-corrected chi connectivity index (χ1v) is 10.2. The topological polar surface area (TPSA) is 55.8 Å². The fourth-order valence-electron chi connectivity index (χ4n) is 2.88. The van der Waals surface area contributed by atoms with Crippen molar-refractivity contribution in [1.82, 2.24) is 0 Å². The van der Waals surface area contributed by atoms with Gasteiger partial charge in [-0.2, -0.15) is 0 Å². The van der Waals surface area contributed by atoms with Gasteiger partial charge in [0.1, 0.15) is 11.9 Å². The number of rotatable bonds is 16. The van der Waals surface area contributed by atoms with E-state index in [1.807, 2.05) is 6.92 Å². The minimum atomic E-state index is -0.926. The normalized spacial score (nSPS) is 12.1. The fourth-order valence-corrected chi connectivity index (χ4v) is 2.88. The second-order valence-corrected chi connectivity index (χ2v) is 7.01. The van der Waals surface area contributed by atoms with E-state index >= 15 is 0 Å². The average Bonchev–Trinajstić information content (AvgIpc) is 2.63. The number of carboxylic acid groups (broad SMARTS) is 1. The van der Waals surface area contributed by atoms with E-state index in [0.717, 1.165) is 13.0 Å². The zero-order valence-electron chi connectivity index (χ0n) is 16.5. The molecule has 0 aliphatic carbocycles. The first-order chi connectivity index (χ1) is 12.6. The molecule has 1 aromatic carbocycles. The number of aromatic carboxylic acids is 1. The van der Waals surface area contributed by atoms with Crippen LogP contribution >= 0.6 is 0 Å².